The number of rotatable bonds is 20. The van der Waals surface area contributed by atoms with Gasteiger partial charge in [0, 0.05) is 75.4 Å². The van der Waals surface area contributed by atoms with Gasteiger partial charge in [0.1, 0.15) is 5.52 Å². The van der Waals surface area contributed by atoms with Crippen LogP contribution < -0.4 is 14.6 Å². The van der Waals surface area contributed by atoms with Crippen molar-refractivity contribution >= 4 is 45.2 Å². The molecule has 0 spiro atoms. The molecule has 0 atom stereocenters. The van der Waals surface area contributed by atoms with E-state index >= 15 is 0 Å². The van der Waals surface area contributed by atoms with Crippen LogP contribution in [0.2, 0.25) is 0 Å². The van der Waals surface area contributed by atoms with Gasteiger partial charge in [0.15, 0.2) is 18.1 Å². The number of benzene rings is 3. The van der Waals surface area contributed by atoms with Crippen molar-refractivity contribution in [3.8, 4) is 22.3 Å². The summed E-state index contributed by atoms with van der Waals surface area (Å²) in [7, 11) is 1.92. The van der Waals surface area contributed by atoms with Crippen LogP contribution >= 0.6 is 11.7 Å². The van der Waals surface area contributed by atoms with E-state index in [9.17, 15) is 0 Å². The Balaban J connectivity index is 1.49. The van der Waals surface area contributed by atoms with Crippen molar-refractivity contribution in [3.05, 3.63) is 48.5 Å². The lowest BCUT2D eigenvalue weighted by molar-refractivity contribution is -0.778. The van der Waals surface area contributed by atoms with Crippen molar-refractivity contribution in [2.24, 2.45) is 7.05 Å². The molecule has 2 heterocycles. The van der Waals surface area contributed by atoms with Crippen LogP contribution in [0.15, 0.2) is 48.5 Å². The lowest BCUT2D eigenvalue weighted by Crippen LogP contribution is -2.32. The molecule has 5 aromatic rings. The highest BCUT2D eigenvalue weighted by atomic mass is 32.1. The van der Waals surface area contributed by atoms with Gasteiger partial charge >= 0.3 is 0 Å². The molecule has 0 saturated heterocycles. The van der Waals surface area contributed by atoms with Gasteiger partial charge in [0.25, 0.3) is 0 Å². The highest BCUT2D eigenvalue weighted by Crippen LogP contribution is 2.41. The summed E-state index contributed by atoms with van der Waals surface area (Å²) < 4.78 is 8.44. The zero-order valence-electron chi connectivity index (χ0n) is 29.5. The van der Waals surface area contributed by atoms with E-state index in [1.807, 2.05) is 7.05 Å². The monoisotopic (exact) mass is 654 g/mol. The van der Waals surface area contributed by atoms with E-state index in [1.165, 1.54) is 100 Å². The summed E-state index contributed by atoms with van der Waals surface area (Å²) in [5.41, 5.74) is 10.8. The number of fused-ring (bicyclic) bond motifs is 2. The third-order valence-electron chi connectivity index (χ3n) is 9.36. The Kier molecular flexibility index (Phi) is 13.0. The smallest absolute Gasteiger partial charge is 0.193 e. The molecule has 0 aliphatic heterocycles. The minimum Gasteiger partial charge on any atom is -0.372 e. The number of hydrogen-bond acceptors (Lipinski definition) is 6. The highest BCUT2D eigenvalue weighted by Gasteiger charge is 2.26. The number of aryl methyl sites for hydroxylation is 1. The molecule has 0 fully saturated rings. The Labute approximate surface area is 286 Å². The maximum Gasteiger partial charge on any atom is 0.193 e. The molecule has 0 amide bonds. The van der Waals surface area contributed by atoms with E-state index in [2.05, 4.69) is 90.4 Å². The highest BCUT2D eigenvalue weighted by molar-refractivity contribution is 7.00. The second kappa shape index (κ2) is 17.6. The van der Waals surface area contributed by atoms with E-state index < -0.39 is 0 Å². The molecule has 47 heavy (non-hydrogen) atoms. The Morgan fingerprint density at radius 3 is 1.38 bits per heavy atom. The first-order chi connectivity index (χ1) is 23.1. The van der Waals surface area contributed by atoms with Gasteiger partial charge in [0.2, 0.25) is 0 Å². The normalized spacial score (nSPS) is 11.6. The molecule has 1 N–H and O–H groups in total. The molecule has 0 radical (unpaired) electrons. The van der Waals surface area contributed by atoms with Crippen LogP contribution in [0.3, 0.4) is 0 Å². The summed E-state index contributed by atoms with van der Waals surface area (Å²) in [6.45, 7) is 13.6. The fraction of sp³-hybridized carbons (Fsp3) is 0.538. The molecular weight excluding hydrogens is 599 g/mol. The van der Waals surface area contributed by atoms with Crippen molar-refractivity contribution in [3.63, 3.8) is 0 Å². The summed E-state index contributed by atoms with van der Waals surface area (Å²) in [6, 6.07) is 18.2. The van der Waals surface area contributed by atoms with Gasteiger partial charge in [-0.2, -0.15) is 4.37 Å². The van der Waals surface area contributed by atoms with E-state index in [4.69, 9.17) is 14.6 Å². The van der Waals surface area contributed by atoms with Gasteiger partial charge in [-0.1, -0.05) is 103 Å². The van der Waals surface area contributed by atoms with Crippen LogP contribution in [0, 0.1) is 0 Å². The van der Waals surface area contributed by atoms with Gasteiger partial charge in [-0.25, -0.2) is 0 Å². The van der Waals surface area contributed by atoms with Crippen molar-refractivity contribution in [2.75, 3.05) is 36.0 Å². The first-order valence-corrected chi connectivity index (χ1v) is 19.1. The van der Waals surface area contributed by atoms with Crippen molar-refractivity contribution < 1.29 is 4.80 Å². The Bertz CT molecular complexity index is 1520. The molecule has 0 aliphatic carbocycles. The lowest BCUT2D eigenvalue weighted by Gasteiger charge is -2.25. The Morgan fingerprint density at radius 1 is 0.553 bits per heavy atom. The molecule has 0 bridgehead atoms. The summed E-state index contributed by atoms with van der Waals surface area (Å²) in [5.74, 6) is 0. The molecule has 8 heteroatoms. The number of anilines is 2. The minimum atomic E-state index is 0.898. The van der Waals surface area contributed by atoms with Crippen molar-refractivity contribution in [1.82, 2.24) is 18.9 Å². The molecular formula is C39H56N7S+. The molecule has 0 saturated carbocycles. The predicted octanol–water partition coefficient (Wildman–Crippen LogP) is 10.1. The molecule has 2 aromatic heterocycles. The molecule has 0 aliphatic rings. The van der Waals surface area contributed by atoms with Crippen LogP contribution in [0.4, 0.5) is 11.4 Å². The van der Waals surface area contributed by atoms with Crippen LogP contribution in [0.25, 0.3) is 44.3 Å². The second-order valence-electron chi connectivity index (χ2n) is 13.0. The topological polar surface area (TPSA) is 64.8 Å². The number of unbranched alkanes of at least 4 members (excludes halogenated alkanes) is 8. The fourth-order valence-corrected chi connectivity index (χ4v) is 7.31. The SMILES string of the molecule is CCCCCN(CCCCC)c1ccc(-c2c3n[n+](C)nc3c(-c3ccc(N(CCCCC)CCCCC)cc3)c3[nH]snc23)cc1. The zero-order chi connectivity index (χ0) is 33.0. The minimum absolute atomic E-state index is 0.898. The predicted molar refractivity (Wildman–Crippen MR) is 202 cm³/mol. The Morgan fingerprint density at radius 2 is 0.957 bits per heavy atom. The van der Waals surface area contributed by atoms with Crippen LogP contribution in [-0.2, 0) is 7.05 Å². The largest absolute Gasteiger partial charge is 0.372 e. The maximum atomic E-state index is 4.94. The average Bonchev–Trinajstić information content (AvgIpc) is 3.72. The number of aromatic amines is 1. The summed E-state index contributed by atoms with van der Waals surface area (Å²) >= 11 is 1.40. The van der Waals surface area contributed by atoms with Gasteiger partial charge in [0.05, 0.1) is 5.52 Å². The quantitative estimate of drug-likeness (QED) is 0.0668. The van der Waals surface area contributed by atoms with Crippen molar-refractivity contribution in [2.45, 2.75) is 105 Å². The van der Waals surface area contributed by atoms with Gasteiger partial charge in [-0.05, 0) is 61.1 Å². The third kappa shape index (κ3) is 8.50. The van der Waals surface area contributed by atoms with E-state index in [0.29, 0.717) is 0 Å². The molecule has 5 rings (SSSR count). The number of aromatic nitrogens is 5. The van der Waals surface area contributed by atoms with Crippen LogP contribution in [0.5, 0.6) is 0 Å². The molecule has 7 nitrogen and oxygen atoms in total. The number of nitrogens with zero attached hydrogens (tertiary/aromatic N) is 6. The molecule has 0 unspecified atom stereocenters. The van der Waals surface area contributed by atoms with E-state index in [-0.39, 0.29) is 0 Å². The fourth-order valence-electron chi connectivity index (χ4n) is 6.71. The first kappa shape index (κ1) is 34.8. The maximum absolute atomic E-state index is 4.94. The second-order valence-corrected chi connectivity index (χ2v) is 13.6. The average molecular weight is 655 g/mol. The Hall–Kier alpha value is -3.52. The zero-order valence-corrected chi connectivity index (χ0v) is 30.3. The third-order valence-corrected chi connectivity index (χ3v) is 9.93. The van der Waals surface area contributed by atoms with Crippen molar-refractivity contribution in [1.29, 1.82) is 0 Å². The van der Waals surface area contributed by atoms with E-state index in [0.717, 1.165) is 70.5 Å². The number of hydrogen-bond donors (Lipinski definition) is 1. The van der Waals surface area contributed by atoms with E-state index in [1.54, 1.807) is 4.80 Å². The molecule has 252 valence electrons. The number of nitrogens with one attached hydrogen (secondary N) is 1. The summed E-state index contributed by atoms with van der Waals surface area (Å²) in [6.07, 6.45) is 15.0. The van der Waals surface area contributed by atoms with Gasteiger partial charge in [-0.15, -0.1) is 0 Å². The van der Waals surface area contributed by atoms with Gasteiger partial charge < -0.3 is 9.80 Å². The van der Waals surface area contributed by atoms with Crippen LogP contribution in [0.1, 0.15) is 105 Å². The first-order valence-electron chi connectivity index (χ1n) is 18.3. The number of H-pyrrole nitrogens is 1. The summed E-state index contributed by atoms with van der Waals surface area (Å²) in [5, 5.41) is 9.87. The van der Waals surface area contributed by atoms with Crippen LogP contribution in [-0.4, -0.2) is 45.1 Å². The standard InChI is InChI=1S/C39H56N7S/c1-6-10-14-26-45(27-15-11-7-2)32-22-18-30(19-23-32)34-36-37(41-44(5)40-36)35(39-38(34)42-47-43-39)31-20-24-33(25-21-31)46(28-16-12-8-3)29-17-13-9-4/h18-25,42H,6-17,26-29H2,1-5H3/q+1. The summed E-state index contributed by atoms with van der Waals surface area (Å²) in [4.78, 5) is 6.85. The molecule has 3 aromatic carbocycles. The van der Waals surface area contributed by atoms with Gasteiger partial charge in [-0.3, -0.25) is 4.37 Å². The lowest BCUT2D eigenvalue weighted by atomic mass is 9.95.